The van der Waals surface area contributed by atoms with Gasteiger partial charge in [0.15, 0.2) is 5.52 Å². The molecule has 0 aliphatic carbocycles. The fraction of sp³-hybridized carbons (Fsp3) is 0.333. The van der Waals surface area contributed by atoms with Crippen molar-refractivity contribution >= 4 is 22.4 Å². The van der Waals surface area contributed by atoms with Gasteiger partial charge in [-0.1, -0.05) is 5.21 Å². The summed E-state index contributed by atoms with van der Waals surface area (Å²) < 4.78 is 11.7. The van der Waals surface area contributed by atoms with Crippen molar-refractivity contribution in [2.75, 3.05) is 25.1 Å². The number of nitro benzene ring substituents is 1. The lowest BCUT2D eigenvalue weighted by Crippen LogP contribution is -2.13. The van der Waals surface area contributed by atoms with E-state index in [-0.39, 0.29) is 11.2 Å². The van der Waals surface area contributed by atoms with Gasteiger partial charge in [-0.3, -0.25) is 14.8 Å². The Morgan fingerprint density at radius 2 is 2.17 bits per heavy atom. The lowest BCUT2D eigenvalue weighted by molar-refractivity contribution is -0.383. The Balaban J connectivity index is 1.51. The number of rotatable bonds is 8. The standard InChI is InChI=1S/C12H13N7O4/c20-19(21)10-2-1-9(11-12(10)16-23-15-11)13-4-7-22-8-6-18-5-3-14-17-18/h1-3,5,13H,4,6-8H2. The van der Waals surface area contributed by atoms with Crippen molar-refractivity contribution in [2.45, 2.75) is 6.54 Å². The first kappa shape index (κ1) is 14.8. The highest BCUT2D eigenvalue weighted by Crippen LogP contribution is 2.28. The van der Waals surface area contributed by atoms with Gasteiger partial charge in [0.1, 0.15) is 0 Å². The Morgan fingerprint density at radius 1 is 1.30 bits per heavy atom. The predicted molar refractivity (Wildman–Crippen MR) is 77.8 cm³/mol. The summed E-state index contributed by atoms with van der Waals surface area (Å²) in [7, 11) is 0. The van der Waals surface area contributed by atoms with Crippen molar-refractivity contribution in [1.82, 2.24) is 25.3 Å². The van der Waals surface area contributed by atoms with Crippen LogP contribution in [0.25, 0.3) is 11.0 Å². The first-order valence-electron chi connectivity index (χ1n) is 6.81. The number of hydrogen-bond acceptors (Lipinski definition) is 9. The van der Waals surface area contributed by atoms with E-state index in [1.807, 2.05) is 0 Å². The normalized spacial score (nSPS) is 11.0. The van der Waals surface area contributed by atoms with Crippen LogP contribution in [0, 0.1) is 10.1 Å². The van der Waals surface area contributed by atoms with Crippen LogP contribution < -0.4 is 5.32 Å². The second kappa shape index (κ2) is 6.79. The highest BCUT2D eigenvalue weighted by Gasteiger charge is 2.19. The molecule has 0 aliphatic heterocycles. The first-order chi connectivity index (χ1) is 11.3. The van der Waals surface area contributed by atoms with Gasteiger partial charge < -0.3 is 10.1 Å². The minimum Gasteiger partial charge on any atom is -0.381 e. The molecule has 1 aromatic carbocycles. The minimum atomic E-state index is -0.524. The molecule has 0 aliphatic rings. The van der Waals surface area contributed by atoms with Gasteiger partial charge in [0.05, 0.1) is 36.6 Å². The minimum absolute atomic E-state index is 0.118. The van der Waals surface area contributed by atoms with E-state index in [9.17, 15) is 10.1 Å². The highest BCUT2D eigenvalue weighted by atomic mass is 16.6. The molecule has 11 nitrogen and oxygen atoms in total. The maximum absolute atomic E-state index is 10.9. The molecule has 11 heteroatoms. The summed E-state index contributed by atoms with van der Waals surface area (Å²) in [5.41, 5.74) is 0.900. The number of benzene rings is 1. The molecular weight excluding hydrogens is 306 g/mol. The average molecular weight is 319 g/mol. The van der Waals surface area contributed by atoms with Crippen LogP contribution >= 0.6 is 0 Å². The van der Waals surface area contributed by atoms with Gasteiger partial charge in [0.25, 0.3) is 0 Å². The van der Waals surface area contributed by atoms with Gasteiger partial charge in [0.2, 0.25) is 5.52 Å². The number of nitro groups is 1. The molecule has 23 heavy (non-hydrogen) atoms. The SMILES string of the molecule is O=[N+]([O-])c1ccc(NCCOCCn2ccnn2)c2nonc12. The monoisotopic (exact) mass is 319 g/mol. The van der Waals surface area contributed by atoms with Crippen LogP contribution in [0.3, 0.4) is 0 Å². The van der Waals surface area contributed by atoms with Gasteiger partial charge in [0, 0.05) is 18.8 Å². The van der Waals surface area contributed by atoms with Crippen molar-refractivity contribution in [3.05, 3.63) is 34.6 Å². The number of hydrogen-bond donors (Lipinski definition) is 1. The second-order valence-electron chi connectivity index (χ2n) is 4.56. The third kappa shape index (κ3) is 3.40. The molecule has 3 rings (SSSR count). The van der Waals surface area contributed by atoms with E-state index in [0.29, 0.717) is 37.5 Å². The first-order valence-corrected chi connectivity index (χ1v) is 6.81. The smallest absolute Gasteiger partial charge is 0.300 e. The summed E-state index contributed by atoms with van der Waals surface area (Å²) in [6.45, 7) is 2.09. The molecular formula is C12H13N7O4. The Bertz CT molecular complexity index is 786. The molecule has 3 aromatic rings. The quantitative estimate of drug-likeness (QED) is 0.364. The number of fused-ring (bicyclic) bond motifs is 1. The predicted octanol–water partition coefficient (Wildman–Crippen LogP) is 0.851. The molecule has 0 bridgehead atoms. The Hall–Kier alpha value is -3.08. The van der Waals surface area contributed by atoms with Crippen molar-refractivity contribution in [1.29, 1.82) is 0 Å². The molecule has 1 N–H and O–H groups in total. The molecule has 0 radical (unpaired) electrons. The second-order valence-corrected chi connectivity index (χ2v) is 4.56. The van der Waals surface area contributed by atoms with Gasteiger partial charge in [-0.2, -0.15) is 0 Å². The zero-order valence-corrected chi connectivity index (χ0v) is 12.0. The number of nitrogens with one attached hydrogen (secondary N) is 1. The van der Waals surface area contributed by atoms with E-state index < -0.39 is 4.92 Å². The molecule has 0 unspecified atom stereocenters. The Morgan fingerprint density at radius 3 is 2.96 bits per heavy atom. The third-order valence-electron chi connectivity index (χ3n) is 3.09. The molecule has 0 atom stereocenters. The summed E-state index contributed by atoms with van der Waals surface area (Å²) >= 11 is 0. The third-order valence-corrected chi connectivity index (χ3v) is 3.09. The number of anilines is 1. The van der Waals surface area contributed by atoms with Crippen molar-refractivity contribution < 1.29 is 14.3 Å². The summed E-state index contributed by atoms with van der Waals surface area (Å²) in [5, 5.41) is 28.8. The summed E-state index contributed by atoms with van der Waals surface area (Å²) in [6.07, 6.45) is 3.36. The summed E-state index contributed by atoms with van der Waals surface area (Å²) in [6, 6.07) is 2.93. The maximum atomic E-state index is 10.9. The Labute approximate surface area is 129 Å². The molecule has 2 aromatic heterocycles. The van der Waals surface area contributed by atoms with Crippen LogP contribution in [0.1, 0.15) is 0 Å². The number of ether oxygens (including phenoxy) is 1. The lowest BCUT2D eigenvalue weighted by atomic mass is 10.2. The van der Waals surface area contributed by atoms with E-state index in [4.69, 9.17) is 4.74 Å². The van der Waals surface area contributed by atoms with Gasteiger partial charge >= 0.3 is 5.69 Å². The molecule has 0 fully saturated rings. The highest BCUT2D eigenvalue weighted by molar-refractivity contribution is 5.93. The lowest BCUT2D eigenvalue weighted by Gasteiger charge is -2.07. The van der Waals surface area contributed by atoms with E-state index in [1.165, 1.54) is 6.07 Å². The maximum Gasteiger partial charge on any atom is 0.300 e. The molecule has 120 valence electrons. The average Bonchev–Trinajstić information content (AvgIpc) is 3.21. The summed E-state index contributed by atoms with van der Waals surface area (Å²) in [5.74, 6) is 0. The summed E-state index contributed by atoms with van der Waals surface area (Å²) in [4.78, 5) is 10.4. The van der Waals surface area contributed by atoms with Gasteiger partial charge in [-0.15, -0.1) is 5.10 Å². The van der Waals surface area contributed by atoms with E-state index in [2.05, 4.69) is 30.6 Å². The van der Waals surface area contributed by atoms with Crippen LogP contribution in [0.5, 0.6) is 0 Å². The largest absolute Gasteiger partial charge is 0.381 e. The van der Waals surface area contributed by atoms with Crippen molar-refractivity contribution in [2.24, 2.45) is 0 Å². The fourth-order valence-electron chi connectivity index (χ4n) is 2.01. The van der Waals surface area contributed by atoms with Crippen molar-refractivity contribution in [3.63, 3.8) is 0 Å². The number of non-ortho nitro benzene ring substituents is 1. The molecule has 0 saturated carbocycles. The van der Waals surface area contributed by atoms with E-state index in [0.717, 1.165) is 0 Å². The molecule has 0 spiro atoms. The van der Waals surface area contributed by atoms with Crippen LogP contribution in [-0.2, 0) is 11.3 Å². The molecule has 2 heterocycles. The number of aromatic nitrogens is 5. The van der Waals surface area contributed by atoms with Crippen molar-refractivity contribution in [3.8, 4) is 0 Å². The van der Waals surface area contributed by atoms with Crippen LogP contribution in [0.2, 0.25) is 0 Å². The van der Waals surface area contributed by atoms with Crippen LogP contribution in [-0.4, -0.2) is 50.0 Å². The zero-order chi connectivity index (χ0) is 16.1. The zero-order valence-electron chi connectivity index (χ0n) is 12.0. The van der Waals surface area contributed by atoms with E-state index in [1.54, 1.807) is 23.1 Å². The fourth-order valence-corrected chi connectivity index (χ4v) is 2.01. The number of nitrogens with zero attached hydrogens (tertiary/aromatic N) is 6. The Kier molecular flexibility index (Phi) is 4.38. The van der Waals surface area contributed by atoms with Crippen LogP contribution in [0.4, 0.5) is 11.4 Å². The molecule has 0 saturated heterocycles. The van der Waals surface area contributed by atoms with E-state index >= 15 is 0 Å². The topological polar surface area (TPSA) is 134 Å². The van der Waals surface area contributed by atoms with Gasteiger partial charge in [-0.25, -0.2) is 4.63 Å². The van der Waals surface area contributed by atoms with Crippen LogP contribution in [0.15, 0.2) is 29.2 Å². The molecule has 0 amide bonds. The van der Waals surface area contributed by atoms with Gasteiger partial charge in [-0.05, 0) is 16.4 Å².